The lowest BCUT2D eigenvalue weighted by atomic mass is 10.2. The third-order valence-electron chi connectivity index (χ3n) is 2.73. The van der Waals surface area contributed by atoms with E-state index in [1.54, 1.807) is 17.5 Å². The fourth-order valence-corrected chi connectivity index (χ4v) is 3.34. The van der Waals surface area contributed by atoms with Gasteiger partial charge in [0, 0.05) is 33.9 Å². The van der Waals surface area contributed by atoms with Crippen LogP contribution < -0.4 is 5.32 Å². The summed E-state index contributed by atoms with van der Waals surface area (Å²) in [4.78, 5) is 8.40. The van der Waals surface area contributed by atoms with Gasteiger partial charge in [-0.3, -0.25) is 0 Å². The maximum atomic E-state index is 6.36. The van der Waals surface area contributed by atoms with Gasteiger partial charge >= 0.3 is 0 Å². The second-order valence-corrected chi connectivity index (χ2v) is 5.49. The van der Waals surface area contributed by atoms with Gasteiger partial charge in [-0.15, -0.1) is 11.3 Å². The molecule has 0 spiro atoms. The Morgan fingerprint density at radius 1 is 1.28 bits per heavy atom. The van der Waals surface area contributed by atoms with Crippen LogP contribution >= 0.6 is 22.9 Å². The molecule has 2 heterocycles. The molecule has 0 atom stereocenters. The first-order valence-corrected chi connectivity index (χ1v) is 6.89. The molecule has 0 aliphatic rings. The van der Waals surface area contributed by atoms with Crippen molar-refractivity contribution in [2.75, 3.05) is 0 Å². The van der Waals surface area contributed by atoms with Gasteiger partial charge in [0.2, 0.25) is 0 Å². The standard InChI is InChI=1S/C13H12ClN3S/c14-13-9-3-1-2-4-10(9)18-11(13)7-15-8-12-16-5-6-17-12/h1-6,15H,7-8H2,(H,16,17). The number of thiophene rings is 1. The second kappa shape index (κ2) is 5.10. The molecule has 0 bridgehead atoms. The number of hydrogen-bond donors (Lipinski definition) is 2. The van der Waals surface area contributed by atoms with Crippen LogP contribution in [0.3, 0.4) is 0 Å². The zero-order valence-corrected chi connectivity index (χ0v) is 11.2. The quantitative estimate of drug-likeness (QED) is 0.765. The van der Waals surface area contributed by atoms with E-state index in [0.717, 1.165) is 29.3 Å². The van der Waals surface area contributed by atoms with Crippen molar-refractivity contribution < 1.29 is 0 Å². The van der Waals surface area contributed by atoms with Crippen molar-refractivity contribution in [1.29, 1.82) is 0 Å². The minimum atomic E-state index is 0.720. The summed E-state index contributed by atoms with van der Waals surface area (Å²) in [5.74, 6) is 0.937. The first-order valence-electron chi connectivity index (χ1n) is 5.69. The van der Waals surface area contributed by atoms with E-state index in [9.17, 15) is 0 Å². The molecule has 0 saturated carbocycles. The average molecular weight is 278 g/mol. The van der Waals surface area contributed by atoms with Gasteiger partial charge in [-0.05, 0) is 6.07 Å². The third kappa shape index (κ3) is 2.27. The summed E-state index contributed by atoms with van der Waals surface area (Å²) in [5, 5.41) is 5.34. The number of hydrogen-bond acceptors (Lipinski definition) is 3. The maximum Gasteiger partial charge on any atom is 0.120 e. The van der Waals surface area contributed by atoms with Crippen LogP contribution in [0.2, 0.25) is 5.02 Å². The monoisotopic (exact) mass is 277 g/mol. The second-order valence-electron chi connectivity index (χ2n) is 3.97. The van der Waals surface area contributed by atoms with Crippen LogP contribution in [0.5, 0.6) is 0 Å². The van der Waals surface area contributed by atoms with Crippen molar-refractivity contribution in [3.63, 3.8) is 0 Å². The summed E-state index contributed by atoms with van der Waals surface area (Å²) < 4.78 is 1.23. The highest BCUT2D eigenvalue weighted by molar-refractivity contribution is 7.19. The number of rotatable bonds is 4. The number of benzene rings is 1. The number of fused-ring (bicyclic) bond motifs is 1. The Bertz CT molecular complexity index is 645. The van der Waals surface area contributed by atoms with Crippen LogP contribution in [0.25, 0.3) is 10.1 Å². The van der Waals surface area contributed by atoms with Crippen molar-refractivity contribution in [2.24, 2.45) is 0 Å². The summed E-state index contributed by atoms with van der Waals surface area (Å²) in [6.07, 6.45) is 3.58. The minimum Gasteiger partial charge on any atom is -0.348 e. The van der Waals surface area contributed by atoms with Crippen LogP contribution in [0, 0.1) is 0 Å². The highest BCUT2D eigenvalue weighted by Gasteiger charge is 2.09. The number of halogens is 1. The highest BCUT2D eigenvalue weighted by Crippen LogP contribution is 2.34. The van der Waals surface area contributed by atoms with E-state index in [0.29, 0.717) is 0 Å². The summed E-state index contributed by atoms with van der Waals surface area (Å²) in [7, 11) is 0. The number of H-pyrrole nitrogens is 1. The zero-order valence-electron chi connectivity index (χ0n) is 9.61. The van der Waals surface area contributed by atoms with Crippen LogP contribution in [0.15, 0.2) is 36.7 Å². The van der Waals surface area contributed by atoms with Gasteiger partial charge in [0.15, 0.2) is 0 Å². The molecule has 0 aliphatic heterocycles. The molecule has 5 heteroatoms. The Balaban J connectivity index is 1.73. The number of aromatic nitrogens is 2. The predicted octanol–water partition coefficient (Wildman–Crippen LogP) is 3.57. The van der Waals surface area contributed by atoms with E-state index in [1.807, 2.05) is 18.3 Å². The lowest BCUT2D eigenvalue weighted by Crippen LogP contribution is -2.12. The van der Waals surface area contributed by atoms with E-state index >= 15 is 0 Å². The smallest absolute Gasteiger partial charge is 0.120 e. The van der Waals surface area contributed by atoms with Crippen molar-refractivity contribution >= 4 is 33.0 Å². The minimum absolute atomic E-state index is 0.720. The number of nitrogens with zero attached hydrogens (tertiary/aromatic N) is 1. The van der Waals surface area contributed by atoms with Gasteiger partial charge in [-0.1, -0.05) is 29.8 Å². The van der Waals surface area contributed by atoms with Crippen molar-refractivity contribution in [1.82, 2.24) is 15.3 Å². The molecular weight excluding hydrogens is 266 g/mol. The van der Waals surface area contributed by atoms with Crippen LogP contribution in [-0.2, 0) is 13.1 Å². The van der Waals surface area contributed by atoms with E-state index in [-0.39, 0.29) is 0 Å². The molecule has 0 fully saturated rings. The molecule has 1 aromatic carbocycles. The molecule has 0 aliphatic carbocycles. The van der Waals surface area contributed by atoms with Gasteiger partial charge in [-0.2, -0.15) is 0 Å². The lowest BCUT2D eigenvalue weighted by Gasteiger charge is -2.00. The Labute approximate surface area is 114 Å². The van der Waals surface area contributed by atoms with Crippen LogP contribution in [0.4, 0.5) is 0 Å². The Morgan fingerprint density at radius 3 is 2.94 bits per heavy atom. The predicted molar refractivity (Wildman–Crippen MR) is 76.0 cm³/mol. The molecule has 2 aromatic heterocycles. The summed E-state index contributed by atoms with van der Waals surface area (Å²) in [6.45, 7) is 1.48. The Morgan fingerprint density at radius 2 is 2.17 bits per heavy atom. The molecular formula is C13H12ClN3S. The Kier molecular flexibility index (Phi) is 3.32. The first kappa shape index (κ1) is 11.7. The fraction of sp³-hybridized carbons (Fsp3) is 0.154. The van der Waals surface area contributed by atoms with E-state index in [2.05, 4.69) is 27.4 Å². The zero-order chi connectivity index (χ0) is 12.4. The van der Waals surface area contributed by atoms with E-state index in [4.69, 9.17) is 11.6 Å². The first-order chi connectivity index (χ1) is 8.84. The van der Waals surface area contributed by atoms with E-state index < -0.39 is 0 Å². The average Bonchev–Trinajstić information content (AvgIpc) is 3.00. The molecule has 18 heavy (non-hydrogen) atoms. The van der Waals surface area contributed by atoms with Gasteiger partial charge in [0.25, 0.3) is 0 Å². The summed E-state index contributed by atoms with van der Waals surface area (Å²) >= 11 is 8.10. The summed E-state index contributed by atoms with van der Waals surface area (Å²) in [5.41, 5.74) is 0. The largest absolute Gasteiger partial charge is 0.348 e. The SMILES string of the molecule is Clc1c(CNCc2ncc[nH]2)sc2ccccc12. The normalized spacial score (nSPS) is 11.2. The van der Waals surface area contributed by atoms with Crippen LogP contribution in [0.1, 0.15) is 10.7 Å². The van der Waals surface area contributed by atoms with Gasteiger partial charge in [0.05, 0.1) is 11.6 Å². The van der Waals surface area contributed by atoms with Crippen molar-refractivity contribution in [3.05, 3.63) is 52.4 Å². The topological polar surface area (TPSA) is 40.7 Å². The fourth-order valence-electron chi connectivity index (χ4n) is 1.87. The molecule has 3 rings (SSSR count). The van der Waals surface area contributed by atoms with E-state index in [1.165, 1.54) is 9.58 Å². The third-order valence-corrected chi connectivity index (χ3v) is 4.45. The summed E-state index contributed by atoms with van der Waals surface area (Å²) in [6, 6.07) is 8.21. The van der Waals surface area contributed by atoms with Crippen molar-refractivity contribution in [3.8, 4) is 0 Å². The molecule has 0 saturated heterocycles. The van der Waals surface area contributed by atoms with Crippen LogP contribution in [-0.4, -0.2) is 9.97 Å². The van der Waals surface area contributed by atoms with Crippen molar-refractivity contribution in [2.45, 2.75) is 13.1 Å². The van der Waals surface area contributed by atoms with Gasteiger partial charge in [0.1, 0.15) is 5.82 Å². The molecule has 3 nitrogen and oxygen atoms in total. The molecule has 0 radical (unpaired) electrons. The molecule has 0 unspecified atom stereocenters. The molecule has 0 amide bonds. The number of nitrogens with one attached hydrogen (secondary N) is 2. The van der Waals surface area contributed by atoms with Gasteiger partial charge in [-0.25, -0.2) is 4.98 Å². The lowest BCUT2D eigenvalue weighted by molar-refractivity contribution is 0.675. The molecule has 92 valence electrons. The Hall–Kier alpha value is -1.36. The highest BCUT2D eigenvalue weighted by atomic mass is 35.5. The molecule has 2 N–H and O–H groups in total. The molecule has 3 aromatic rings. The number of aromatic amines is 1. The number of imidazole rings is 1. The maximum absolute atomic E-state index is 6.36. The van der Waals surface area contributed by atoms with Gasteiger partial charge < -0.3 is 10.3 Å².